The Morgan fingerprint density at radius 2 is 1.40 bits per heavy atom. The molecule has 7 nitrogen and oxygen atoms in total. The molecule has 3 rings (SSSR count). The zero-order valence-corrected chi connectivity index (χ0v) is 18.1. The van der Waals surface area contributed by atoms with Crippen LogP contribution in [-0.2, 0) is 0 Å². The number of nitro benzene ring substituents is 1. The first-order chi connectivity index (χ1) is 14.1. The molecule has 0 unspecified atom stereocenters. The van der Waals surface area contributed by atoms with E-state index in [2.05, 4.69) is 17.0 Å². The monoisotopic (exact) mass is 410 g/mol. The van der Waals surface area contributed by atoms with Gasteiger partial charge in [-0.15, -0.1) is 0 Å². The van der Waals surface area contributed by atoms with Gasteiger partial charge in [0.2, 0.25) is 0 Å². The van der Waals surface area contributed by atoms with Gasteiger partial charge in [0.15, 0.2) is 0 Å². The molecule has 0 amide bonds. The van der Waals surface area contributed by atoms with Gasteiger partial charge in [-0.25, -0.2) is 0 Å². The Hall–Kier alpha value is -3.74. The van der Waals surface area contributed by atoms with Crippen LogP contribution in [0.5, 0.6) is 5.75 Å². The van der Waals surface area contributed by atoms with Crippen molar-refractivity contribution in [3.05, 3.63) is 88.0 Å². The second kappa shape index (κ2) is 12.0. The van der Waals surface area contributed by atoms with Crippen LogP contribution in [-0.4, -0.2) is 26.1 Å². The van der Waals surface area contributed by atoms with Gasteiger partial charge in [-0.2, -0.15) is 0 Å². The maximum atomic E-state index is 10.2. The predicted molar refractivity (Wildman–Crippen MR) is 125 cm³/mol. The number of rotatable bonds is 3. The first-order valence-electron chi connectivity index (χ1n) is 9.28. The lowest BCUT2D eigenvalue weighted by atomic mass is 10.2. The van der Waals surface area contributed by atoms with Gasteiger partial charge in [-0.1, -0.05) is 18.2 Å². The second-order valence-corrected chi connectivity index (χ2v) is 6.75. The second-order valence-electron chi connectivity index (χ2n) is 6.75. The number of para-hydroxylation sites is 1. The lowest BCUT2D eigenvalue weighted by Gasteiger charge is -2.10. The summed E-state index contributed by atoms with van der Waals surface area (Å²) in [5.41, 5.74) is 15.6. The standard InChI is InChI=1S/C8H11NO.C8H11N.C7H8N2O2/c1-6-5-7(10-2)3-4-8(6)9;1-9(2)8-6-4-3-5-7-8;1-5-4-6(9(10)11)2-3-7(5)8/h3-5H,9H2,1-2H3;3-7H,1-2H3;2-4H,8H2,1H3. The van der Waals surface area contributed by atoms with Crippen molar-refractivity contribution in [1.82, 2.24) is 0 Å². The van der Waals surface area contributed by atoms with Crippen LogP contribution in [0.25, 0.3) is 0 Å². The van der Waals surface area contributed by atoms with Gasteiger partial charge >= 0.3 is 0 Å². The molecule has 7 heteroatoms. The van der Waals surface area contributed by atoms with Gasteiger partial charge in [-0.3, -0.25) is 10.1 Å². The van der Waals surface area contributed by atoms with Crippen LogP contribution in [0.1, 0.15) is 11.1 Å². The molecule has 0 saturated heterocycles. The van der Waals surface area contributed by atoms with Crippen molar-refractivity contribution in [2.75, 3.05) is 37.6 Å². The fraction of sp³-hybridized carbons (Fsp3) is 0.217. The SMILES string of the molecule is CN(C)c1ccccc1.COc1ccc(N)c(C)c1.Cc1cc([N+](=O)[O-])ccc1N. The van der Waals surface area contributed by atoms with Crippen LogP contribution in [0.4, 0.5) is 22.7 Å². The van der Waals surface area contributed by atoms with Crippen LogP contribution in [0, 0.1) is 24.0 Å². The number of anilines is 3. The minimum absolute atomic E-state index is 0.0803. The number of benzene rings is 3. The molecule has 0 saturated carbocycles. The third-order valence-electron chi connectivity index (χ3n) is 4.21. The number of non-ortho nitro benzene ring substituents is 1. The molecule has 0 aromatic heterocycles. The molecular weight excluding hydrogens is 380 g/mol. The average Bonchev–Trinajstić information content (AvgIpc) is 2.73. The van der Waals surface area contributed by atoms with Crippen molar-refractivity contribution in [2.45, 2.75) is 13.8 Å². The summed E-state index contributed by atoms with van der Waals surface area (Å²) in [6, 6.07) is 20.2. The van der Waals surface area contributed by atoms with Crippen LogP contribution < -0.4 is 21.1 Å². The van der Waals surface area contributed by atoms with Crippen LogP contribution >= 0.6 is 0 Å². The van der Waals surface area contributed by atoms with Crippen molar-refractivity contribution >= 4 is 22.7 Å². The molecule has 3 aromatic rings. The Labute approximate surface area is 178 Å². The molecule has 0 aliphatic carbocycles. The Morgan fingerprint density at radius 1 is 0.867 bits per heavy atom. The summed E-state index contributed by atoms with van der Waals surface area (Å²) in [6.45, 7) is 3.69. The molecule has 0 bridgehead atoms. The summed E-state index contributed by atoms with van der Waals surface area (Å²) in [6.07, 6.45) is 0. The van der Waals surface area contributed by atoms with E-state index >= 15 is 0 Å². The highest BCUT2D eigenvalue weighted by atomic mass is 16.6. The van der Waals surface area contributed by atoms with E-state index in [1.165, 1.54) is 23.9 Å². The van der Waals surface area contributed by atoms with Gasteiger partial charge in [-0.05, 0) is 61.4 Å². The molecule has 0 heterocycles. The number of hydrogen-bond donors (Lipinski definition) is 2. The fourth-order valence-corrected chi connectivity index (χ4v) is 2.27. The van der Waals surface area contributed by atoms with Crippen molar-refractivity contribution in [3.63, 3.8) is 0 Å². The first-order valence-corrected chi connectivity index (χ1v) is 9.28. The summed E-state index contributed by atoms with van der Waals surface area (Å²) < 4.78 is 4.99. The lowest BCUT2D eigenvalue weighted by Crippen LogP contribution is -2.07. The normalized spacial score (nSPS) is 9.37. The Balaban J connectivity index is 0.000000226. The molecule has 0 radical (unpaired) electrons. The Bertz CT molecular complexity index is 944. The van der Waals surface area contributed by atoms with Crippen LogP contribution in [0.2, 0.25) is 0 Å². The highest BCUT2D eigenvalue weighted by Crippen LogP contribution is 2.18. The van der Waals surface area contributed by atoms with E-state index in [-0.39, 0.29) is 5.69 Å². The number of ether oxygens (including phenoxy) is 1. The highest BCUT2D eigenvalue weighted by Gasteiger charge is 2.05. The van der Waals surface area contributed by atoms with Gasteiger partial charge in [0, 0.05) is 43.3 Å². The summed E-state index contributed by atoms with van der Waals surface area (Å²) in [5, 5.41) is 10.2. The van der Waals surface area contributed by atoms with Crippen LogP contribution in [0.3, 0.4) is 0 Å². The number of aryl methyl sites for hydroxylation is 2. The van der Waals surface area contributed by atoms with E-state index < -0.39 is 4.92 Å². The third kappa shape index (κ3) is 8.10. The maximum absolute atomic E-state index is 10.2. The van der Waals surface area contributed by atoms with Gasteiger partial charge in [0.05, 0.1) is 12.0 Å². The summed E-state index contributed by atoms with van der Waals surface area (Å²) >= 11 is 0. The highest BCUT2D eigenvalue weighted by molar-refractivity contribution is 5.51. The van der Waals surface area contributed by atoms with Gasteiger partial charge < -0.3 is 21.1 Å². The zero-order chi connectivity index (χ0) is 22.7. The average molecular weight is 411 g/mol. The lowest BCUT2D eigenvalue weighted by molar-refractivity contribution is -0.384. The van der Waals surface area contributed by atoms with Crippen molar-refractivity contribution < 1.29 is 9.66 Å². The fourth-order valence-electron chi connectivity index (χ4n) is 2.27. The van der Waals surface area contributed by atoms with Crippen molar-refractivity contribution in [3.8, 4) is 5.75 Å². The molecular formula is C23H30N4O3. The zero-order valence-electron chi connectivity index (χ0n) is 18.1. The van der Waals surface area contributed by atoms with Crippen molar-refractivity contribution in [2.24, 2.45) is 0 Å². The molecule has 0 atom stereocenters. The van der Waals surface area contributed by atoms with Crippen LogP contribution in [0.15, 0.2) is 66.7 Å². The number of methoxy groups -OCH3 is 1. The summed E-state index contributed by atoms with van der Waals surface area (Å²) in [5.74, 6) is 0.853. The van der Waals surface area contributed by atoms with E-state index in [1.807, 2.05) is 57.4 Å². The molecule has 4 N–H and O–H groups in total. The molecule has 3 aromatic carbocycles. The number of nitrogens with zero attached hydrogens (tertiary/aromatic N) is 2. The van der Waals surface area contributed by atoms with Gasteiger partial charge in [0.25, 0.3) is 5.69 Å². The van der Waals surface area contributed by atoms with E-state index in [9.17, 15) is 10.1 Å². The Kier molecular flexibility index (Phi) is 9.69. The topological polar surface area (TPSA) is 108 Å². The third-order valence-corrected chi connectivity index (χ3v) is 4.21. The van der Waals surface area contributed by atoms with E-state index in [0.717, 1.165) is 22.6 Å². The number of nitro groups is 1. The molecule has 0 fully saturated rings. The van der Waals surface area contributed by atoms with E-state index in [4.69, 9.17) is 16.2 Å². The first kappa shape index (κ1) is 24.3. The minimum Gasteiger partial charge on any atom is -0.497 e. The molecule has 30 heavy (non-hydrogen) atoms. The maximum Gasteiger partial charge on any atom is 0.269 e. The minimum atomic E-state index is -0.438. The van der Waals surface area contributed by atoms with Crippen molar-refractivity contribution in [1.29, 1.82) is 0 Å². The number of hydrogen-bond acceptors (Lipinski definition) is 6. The number of nitrogens with two attached hydrogens (primary N) is 2. The Morgan fingerprint density at radius 3 is 1.80 bits per heavy atom. The largest absolute Gasteiger partial charge is 0.497 e. The number of nitrogen functional groups attached to an aromatic ring is 2. The molecule has 0 aliphatic heterocycles. The quantitative estimate of drug-likeness (QED) is 0.364. The molecule has 160 valence electrons. The summed E-state index contributed by atoms with van der Waals surface area (Å²) in [4.78, 5) is 11.9. The van der Waals surface area contributed by atoms with E-state index in [0.29, 0.717) is 5.69 Å². The molecule has 0 spiro atoms. The smallest absolute Gasteiger partial charge is 0.269 e. The predicted octanol–water partition coefficient (Wildman–Crippen LogP) is 4.82. The van der Waals surface area contributed by atoms with E-state index in [1.54, 1.807) is 14.0 Å². The van der Waals surface area contributed by atoms with Gasteiger partial charge in [0.1, 0.15) is 5.75 Å². The molecule has 0 aliphatic rings. The summed E-state index contributed by atoms with van der Waals surface area (Å²) in [7, 11) is 5.72.